The van der Waals surface area contributed by atoms with Crippen molar-refractivity contribution in [1.29, 1.82) is 0 Å². The molecule has 4 unspecified atom stereocenters. The summed E-state index contributed by atoms with van der Waals surface area (Å²) >= 11 is 0. The highest BCUT2D eigenvalue weighted by Gasteiger charge is 2.31. The van der Waals surface area contributed by atoms with Crippen molar-refractivity contribution in [1.82, 2.24) is 16.0 Å². The number of amides is 4. The number of nitrogens with two attached hydrogens (primary N) is 4. The predicted octanol–water partition coefficient (Wildman–Crippen LogP) is -3.54. The van der Waals surface area contributed by atoms with Gasteiger partial charge in [-0.25, -0.2) is 4.79 Å². The maximum absolute atomic E-state index is 12.5. The smallest absolute Gasteiger partial charge is 0.326 e. The summed E-state index contributed by atoms with van der Waals surface area (Å²) in [7, 11) is 0. The van der Waals surface area contributed by atoms with Gasteiger partial charge in [-0.05, 0) is 25.7 Å². The normalized spacial score (nSPS) is 14.4. The maximum Gasteiger partial charge on any atom is 0.326 e. The third-order valence-corrected chi connectivity index (χ3v) is 4.32. The first-order valence-corrected chi connectivity index (χ1v) is 9.99. The molecule has 182 valence electrons. The lowest BCUT2D eigenvalue weighted by Gasteiger charge is -2.25. The number of nitrogens with zero attached hydrogens (tertiary/aromatic N) is 1. The molecule has 0 heterocycles. The summed E-state index contributed by atoms with van der Waals surface area (Å²) in [5.41, 5.74) is 21.2. The van der Waals surface area contributed by atoms with E-state index < -0.39 is 66.1 Å². The molecular formula is C18H34N8O6. The van der Waals surface area contributed by atoms with E-state index >= 15 is 0 Å². The third kappa shape index (κ3) is 11.1. The van der Waals surface area contributed by atoms with E-state index in [4.69, 9.17) is 28.0 Å². The number of carboxylic acid groups (broad SMARTS) is 1. The molecule has 0 aliphatic rings. The molecule has 0 saturated heterocycles. The minimum absolute atomic E-state index is 0.0682. The van der Waals surface area contributed by atoms with Crippen LogP contribution in [-0.2, 0) is 24.0 Å². The molecule has 0 bridgehead atoms. The Kier molecular flexibility index (Phi) is 12.3. The van der Waals surface area contributed by atoms with Gasteiger partial charge in [0.1, 0.15) is 18.1 Å². The van der Waals surface area contributed by atoms with E-state index in [2.05, 4.69) is 20.9 Å². The average molecular weight is 459 g/mol. The van der Waals surface area contributed by atoms with Crippen molar-refractivity contribution >= 4 is 35.6 Å². The molecule has 4 atom stereocenters. The summed E-state index contributed by atoms with van der Waals surface area (Å²) < 4.78 is 0. The van der Waals surface area contributed by atoms with Crippen LogP contribution in [0, 0.1) is 5.92 Å². The van der Waals surface area contributed by atoms with Gasteiger partial charge in [-0.2, -0.15) is 0 Å². The molecule has 0 spiro atoms. The van der Waals surface area contributed by atoms with Crippen molar-refractivity contribution in [3.05, 3.63) is 0 Å². The molecule has 14 nitrogen and oxygen atoms in total. The second-order valence-electron chi connectivity index (χ2n) is 7.59. The van der Waals surface area contributed by atoms with E-state index in [0.29, 0.717) is 13.0 Å². The lowest BCUT2D eigenvalue weighted by Crippen LogP contribution is -2.58. The third-order valence-electron chi connectivity index (χ3n) is 4.32. The molecule has 0 fully saturated rings. The Bertz CT molecular complexity index is 722. The molecule has 0 aromatic rings. The fraction of sp³-hybridized carbons (Fsp3) is 0.667. The minimum atomic E-state index is -1.53. The zero-order chi connectivity index (χ0) is 25.0. The SMILES string of the molecule is CC(NC(=O)C(N)CCCN=C(N)N)C(=O)NC(C(=O)NC(CC(N)=O)C(=O)O)C(C)C. The summed E-state index contributed by atoms with van der Waals surface area (Å²) in [4.78, 5) is 63.1. The van der Waals surface area contributed by atoms with Crippen LogP contribution in [0.25, 0.3) is 0 Å². The van der Waals surface area contributed by atoms with Gasteiger partial charge in [-0.1, -0.05) is 13.8 Å². The zero-order valence-corrected chi connectivity index (χ0v) is 18.5. The van der Waals surface area contributed by atoms with Crippen molar-refractivity contribution in [3.63, 3.8) is 0 Å². The van der Waals surface area contributed by atoms with Gasteiger partial charge in [-0.3, -0.25) is 24.2 Å². The molecule has 0 saturated carbocycles. The number of aliphatic imine (C=N–C) groups is 1. The number of hydrogen-bond donors (Lipinski definition) is 8. The molecule has 0 aromatic heterocycles. The van der Waals surface area contributed by atoms with Crippen LogP contribution in [0.1, 0.15) is 40.0 Å². The lowest BCUT2D eigenvalue weighted by molar-refractivity contribution is -0.144. The van der Waals surface area contributed by atoms with Gasteiger partial charge in [0.25, 0.3) is 0 Å². The molecule has 4 amide bonds. The van der Waals surface area contributed by atoms with Gasteiger partial charge in [-0.15, -0.1) is 0 Å². The van der Waals surface area contributed by atoms with Crippen molar-refractivity contribution in [2.24, 2.45) is 33.8 Å². The number of aliphatic carboxylic acids is 1. The van der Waals surface area contributed by atoms with E-state index in [0.717, 1.165) is 0 Å². The lowest BCUT2D eigenvalue weighted by atomic mass is 10.0. The monoisotopic (exact) mass is 458 g/mol. The van der Waals surface area contributed by atoms with E-state index in [-0.39, 0.29) is 12.4 Å². The predicted molar refractivity (Wildman–Crippen MR) is 116 cm³/mol. The number of guanidine groups is 1. The first-order valence-electron chi connectivity index (χ1n) is 9.99. The Labute approximate surface area is 185 Å². The van der Waals surface area contributed by atoms with Gasteiger partial charge in [0.2, 0.25) is 23.6 Å². The van der Waals surface area contributed by atoms with Gasteiger partial charge in [0.05, 0.1) is 12.5 Å². The number of nitrogens with one attached hydrogen (secondary N) is 3. The fourth-order valence-corrected chi connectivity index (χ4v) is 2.51. The van der Waals surface area contributed by atoms with Crippen LogP contribution in [0.15, 0.2) is 4.99 Å². The quantitative estimate of drug-likeness (QED) is 0.0726. The van der Waals surface area contributed by atoms with Gasteiger partial charge >= 0.3 is 5.97 Å². The van der Waals surface area contributed by atoms with Crippen LogP contribution in [0.5, 0.6) is 0 Å². The Hall–Kier alpha value is -3.42. The van der Waals surface area contributed by atoms with Crippen molar-refractivity contribution in [3.8, 4) is 0 Å². The maximum atomic E-state index is 12.5. The van der Waals surface area contributed by atoms with Gasteiger partial charge < -0.3 is 44.0 Å². The van der Waals surface area contributed by atoms with Crippen LogP contribution >= 0.6 is 0 Å². The van der Waals surface area contributed by atoms with Crippen LogP contribution in [-0.4, -0.2) is 71.4 Å². The highest BCUT2D eigenvalue weighted by atomic mass is 16.4. The molecule has 12 N–H and O–H groups in total. The van der Waals surface area contributed by atoms with Crippen LogP contribution in [0.3, 0.4) is 0 Å². The van der Waals surface area contributed by atoms with E-state index in [1.54, 1.807) is 13.8 Å². The van der Waals surface area contributed by atoms with Crippen LogP contribution < -0.4 is 38.9 Å². The largest absolute Gasteiger partial charge is 0.480 e. The number of carboxylic acids is 1. The number of hydrogen-bond acceptors (Lipinski definition) is 7. The Morgan fingerprint density at radius 1 is 0.906 bits per heavy atom. The molecule has 0 radical (unpaired) electrons. The first-order chi connectivity index (χ1) is 14.8. The molecule has 0 aliphatic heterocycles. The molecule has 14 heteroatoms. The number of rotatable bonds is 14. The molecule has 0 aromatic carbocycles. The van der Waals surface area contributed by atoms with Crippen molar-refractivity contribution < 1.29 is 29.1 Å². The van der Waals surface area contributed by atoms with Crippen LogP contribution in [0.4, 0.5) is 0 Å². The summed E-state index contributed by atoms with van der Waals surface area (Å²) in [5.74, 6) is -4.91. The second kappa shape index (κ2) is 13.8. The van der Waals surface area contributed by atoms with Crippen molar-refractivity contribution in [2.45, 2.75) is 64.2 Å². The number of primary amides is 1. The molecule has 32 heavy (non-hydrogen) atoms. The number of carbonyl (C=O) groups is 5. The average Bonchev–Trinajstić information content (AvgIpc) is 2.67. The summed E-state index contributed by atoms with van der Waals surface area (Å²) in [6.45, 7) is 4.97. The van der Waals surface area contributed by atoms with Crippen LogP contribution in [0.2, 0.25) is 0 Å². The zero-order valence-electron chi connectivity index (χ0n) is 18.5. The summed E-state index contributed by atoms with van der Waals surface area (Å²) in [6, 6.07) is -4.58. The van der Waals surface area contributed by atoms with E-state index in [1.807, 2.05) is 0 Å². The van der Waals surface area contributed by atoms with E-state index in [9.17, 15) is 24.0 Å². The summed E-state index contributed by atoms with van der Waals surface area (Å²) in [6.07, 6.45) is 0.135. The highest BCUT2D eigenvalue weighted by Crippen LogP contribution is 2.05. The number of carbonyl (C=O) groups excluding carboxylic acids is 4. The Balaban J connectivity index is 4.90. The molecule has 0 aliphatic carbocycles. The van der Waals surface area contributed by atoms with Crippen molar-refractivity contribution in [2.75, 3.05) is 6.54 Å². The molecular weight excluding hydrogens is 424 g/mol. The Morgan fingerprint density at radius 2 is 1.50 bits per heavy atom. The highest BCUT2D eigenvalue weighted by molar-refractivity contribution is 5.94. The first kappa shape index (κ1) is 28.6. The van der Waals surface area contributed by atoms with Gasteiger partial charge in [0, 0.05) is 6.54 Å². The summed E-state index contributed by atoms with van der Waals surface area (Å²) in [5, 5.41) is 16.2. The second-order valence-corrected chi connectivity index (χ2v) is 7.59. The fourth-order valence-electron chi connectivity index (χ4n) is 2.51. The van der Waals surface area contributed by atoms with Gasteiger partial charge in [0.15, 0.2) is 5.96 Å². The van der Waals surface area contributed by atoms with E-state index in [1.165, 1.54) is 6.92 Å². The standard InChI is InChI=1S/C18H34N8O6/c1-8(2)13(16(30)25-11(17(31)32)7-12(20)27)26-14(28)9(3)24-15(29)10(19)5-4-6-23-18(21)22/h8-11,13H,4-7,19H2,1-3H3,(H2,20,27)(H,24,29)(H,25,30)(H,26,28)(H,31,32)(H4,21,22,23). The minimum Gasteiger partial charge on any atom is -0.480 e. The topological polar surface area (TPSA) is 258 Å². The molecule has 0 rings (SSSR count). The Morgan fingerprint density at radius 3 is 1.97 bits per heavy atom.